The fraction of sp³-hybridized carbons (Fsp3) is 0.462. The fourth-order valence-corrected chi connectivity index (χ4v) is 3.90. The zero-order valence-corrected chi connectivity index (χ0v) is 12.0. The van der Waals surface area contributed by atoms with Gasteiger partial charge in [0.25, 0.3) is 11.5 Å². The third-order valence-corrected chi connectivity index (χ3v) is 5.04. The number of aryl methyl sites for hydroxylation is 2. The summed E-state index contributed by atoms with van der Waals surface area (Å²) in [6.45, 7) is 1.63. The van der Waals surface area contributed by atoms with Gasteiger partial charge in [0, 0.05) is 4.88 Å². The minimum absolute atomic E-state index is 0.148. The average molecular weight is 292 g/mol. The number of fused-ring (bicyclic) bond motifs is 3. The highest BCUT2D eigenvalue weighted by molar-refractivity contribution is 7.18. The Morgan fingerprint density at radius 1 is 1.50 bits per heavy atom. The van der Waals surface area contributed by atoms with Crippen molar-refractivity contribution in [3.05, 3.63) is 27.1 Å². The average Bonchev–Trinajstić information content (AvgIpc) is 2.85. The Balaban J connectivity index is 2.20. The number of nitrogens with one attached hydrogen (secondary N) is 1. The fourth-order valence-electron chi connectivity index (χ4n) is 2.68. The molecular formula is C13H16N4O2S. The summed E-state index contributed by atoms with van der Waals surface area (Å²) in [6.07, 6.45) is 5.65. The van der Waals surface area contributed by atoms with Gasteiger partial charge >= 0.3 is 0 Å². The Hall–Kier alpha value is -1.73. The van der Waals surface area contributed by atoms with Crippen LogP contribution in [0.25, 0.3) is 10.2 Å². The zero-order chi connectivity index (χ0) is 14.3. The van der Waals surface area contributed by atoms with E-state index in [4.69, 9.17) is 5.84 Å². The van der Waals surface area contributed by atoms with Gasteiger partial charge in [0.15, 0.2) is 0 Å². The lowest BCUT2D eigenvalue weighted by atomic mass is 9.97. The van der Waals surface area contributed by atoms with Gasteiger partial charge in [0.2, 0.25) is 0 Å². The molecule has 3 N–H and O–H groups in total. The first-order valence-corrected chi connectivity index (χ1v) is 7.47. The minimum Gasteiger partial charge on any atom is -0.292 e. The highest BCUT2D eigenvalue weighted by Crippen LogP contribution is 2.33. The van der Waals surface area contributed by atoms with Gasteiger partial charge in [0.1, 0.15) is 10.9 Å². The molecule has 0 radical (unpaired) electrons. The van der Waals surface area contributed by atoms with E-state index in [1.54, 1.807) is 18.3 Å². The van der Waals surface area contributed by atoms with Crippen LogP contribution in [0.5, 0.6) is 0 Å². The summed E-state index contributed by atoms with van der Waals surface area (Å²) in [4.78, 5) is 30.6. The molecule has 6 nitrogen and oxygen atoms in total. The van der Waals surface area contributed by atoms with Crippen molar-refractivity contribution in [3.63, 3.8) is 0 Å². The number of nitrogens with two attached hydrogens (primary N) is 1. The van der Waals surface area contributed by atoms with Crippen molar-refractivity contribution in [1.82, 2.24) is 15.0 Å². The van der Waals surface area contributed by atoms with Gasteiger partial charge in [-0.2, -0.15) is 0 Å². The molecule has 1 aliphatic carbocycles. The summed E-state index contributed by atoms with van der Waals surface area (Å²) in [6, 6.07) is -0.663. The second kappa shape index (κ2) is 4.99. The molecule has 0 saturated heterocycles. The Morgan fingerprint density at radius 2 is 2.25 bits per heavy atom. The number of carbonyl (C=O) groups is 1. The lowest BCUT2D eigenvalue weighted by Crippen LogP contribution is -2.39. The zero-order valence-electron chi connectivity index (χ0n) is 11.2. The molecule has 1 amide bonds. The molecule has 20 heavy (non-hydrogen) atoms. The maximum absolute atomic E-state index is 12.6. The molecule has 0 spiro atoms. The number of amides is 1. The number of thiophene rings is 1. The van der Waals surface area contributed by atoms with Gasteiger partial charge < -0.3 is 0 Å². The molecule has 2 aromatic heterocycles. The second-order valence-electron chi connectivity index (χ2n) is 5.03. The highest BCUT2D eigenvalue weighted by atomic mass is 32.1. The minimum atomic E-state index is -0.663. The van der Waals surface area contributed by atoms with E-state index in [9.17, 15) is 9.59 Å². The van der Waals surface area contributed by atoms with E-state index < -0.39 is 11.9 Å². The van der Waals surface area contributed by atoms with Crippen LogP contribution in [0, 0.1) is 0 Å². The molecule has 2 aromatic rings. The predicted octanol–water partition coefficient (Wildman–Crippen LogP) is 0.888. The molecule has 0 bridgehead atoms. The summed E-state index contributed by atoms with van der Waals surface area (Å²) in [5.74, 6) is 4.73. The smallest absolute Gasteiger partial charge is 0.263 e. The number of carbonyl (C=O) groups excluding carboxylic acids is 1. The molecule has 7 heteroatoms. The van der Waals surface area contributed by atoms with Crippen LogP contribution in [0.1, 0.15) is 36.2 Å². The van der Waals surface area contributed by atoms with E-state index in [1.807, 2.05) is 0 Å². The van der Waals surface area contributed by atoms with E-state index in [2.05, 4.69) is 10.4 Å². The van der Waals surface area contributed by atoms with E-state index >= 15 is 0 Å². The lowest BCUT2D eigenvalue weighted by molar-refractivity contribution is -0.124. The van der Waals surface area contributed by atoms with Gasteiger partial charge in [-0.25, -0.2) is 10.8 Å². The molecule has 1 aliphatic rings. The normalized spacial score (nSPS) is 15.9. The predicted molar refractivity (Wildman–Crippen MR) is 77.6 cm³/mol. The molecule has 106 valence electrons. The third-order valence-electron chi connectivity index (χ3n) is 3.84. The SMILES string of the molecule is CC(C(=O)NN)n1cnc2sc3c(c2c1=O)CCCC3. The first-order chi connectivity index (χ1) is 9.63. The van der Waals surface area contributed by atoms with Crippen molar-refractivity contribution in [1.29, 1.82) is 0 Å². The van der Waals surface area contributed by atoms with Crippen LogP contribution in [0.15, 0.2) is 11.1 Å². The van der Waals surface area contributed by atoms with Crippen molar-refractivity contribution in [2.24, 2.45) is 5.84 Å². The number of hydrogen-bond donors (Lipinski definition) is 2. The van der Waals surface area contributed by atoms with Crippen molar-refractivity contribution < 1.29 is 4.79 Å². The van der Waals surface area contributed by atoms with E-state index in [0.717, 1.165) is 29.7 Å². The van der Waals surface area contributed by atoms with Crippen LogP contribution in [-0.4, -0.2) is 15.5 Å². The molecular weight excluding hydrogens is 276 g/mol. The molecule has 1 unspecified atom stereocenters. The standard InChI is InChI=1S/C13H16N4O2S/c1-7(11(18)16-14)17-6-15-12-10(13(17)19)8-4-2-3-5-9(8)20-12/h6-7H,2-5,14H2,1H3,(H,16,18). The van der Waals surface area contributed by atoms with Crippen molar-refractivity contribution >= 4 is 27.5 Å². The van der Waals surface area contributed by atoms with Gasteiger partial charge in [0.05, 0.1) is 11.7 Å². The lowest BCUT2D eigenvalue weighted by Gasteiger charge is -2.13. The monoisotopic (exact) mass is 292 g/mol. The molecule has 2 heterocycles. The second-order valence-corrected chi connectivity index (χ2v) is 6.12. The highest BCUT2D eigenvalue weighted by Gasteiger charge is 2.22. The number of rotatable bonds is 2. The Bertz CT molecular complexity index is 734. The third kappa shape index (κ3) is 1.94. The number of hydrogen-bond acceptors (Lipinski definition) is 5. The van der Waals surface area contributed by atoms with E-state index in [-0.39, 0.29) is 5.56 Å². The van der Waals surface area contributed by atoms with Gasteiger partial charge in [-0.3, -0.25) is 19.6 Å². The maximum Gasteiger partial charge on any atom is 0.263 e. The molecule has 0 fully saturated rings. The summed E-state index contributed by atoms with van der Waals surface area (Å²) >= 11 is 1.60. The van der Waals surface area contributed by atoms with Crippen LogP contribution in [0.4, 0.5) is 0 Å². The molecule has 3 rings (SSSR count). The molecule has 1 atom stereocenters. The van der Waals surface area contributed by atoms with Gasteiger partial charge in [-0.05, 0) is 38.2 Å². The first-order valence-electron chi connectivity index (χ1n) is 6.65. The summed E-state index contributed by atoms with van der Waals surface area (Å²) in [7, 11) is 0. The Morgan fingerprint density at radius 3 is 3.00 bits per heavy atom. The van der Waals surface area contributed by atoms with Crippen LogP contribution >= 0.6 is 11.3 Å². The van der Waals surface area contributed by atoms with Gasteiger partial charge in [-0.1, -0.05) is 0 Å². The summed E-state index contributed by atoms with van der Waals surface area (Å²) in [5, 5.41) is 0.684. The Labute approximate surface area is 119 Å². The van der Waals surface area contributed by atoms with Crippen LogP contribution < -0.4 is 16.8 Å². The van der Waals surface area contributed by atoms with Crippen molar-refractivity contribution in [2.45, 2.75) is 38.6 Å². The number of hydrazine groups is 1. The molecule has 0 saturated carbocycles. The van der Waals surface area contributed by atoms with Gasteiger partial charge in [-0.15, -0.1) is 11.3 Å². The van der Waals surface area contributed by atoms with E-state index in [1.165, 1.54) is 22.2 Å². The largest absolute Gasteiger partial charge is 0.292 e. The van der Waals surface area contributed by atoms with Crippen LogP contribution in [0.2, 0.25) is 0 Å². The van der Waals surface area contributed by atoms with E-state index in [0.29, 0.717) is 5.39 Å². The summed E-state index contributed by atoms with van der Waals surface area (Å²) in [5.41, 5.74) is 3.05. The maximum atomic E-state index is 12.6. The van der Waals surface area contributed by atoms with Crippen LogP contribution in [-0.2, 0) is 17.6 Å². The summed E-state index contributed by atoms with van der Waals surface area (Å²) < 4.78 is 1.35. The van der Waals surface area contributed by atoms with Crippen LogP contribution in [0.3, 0.4) is 0 Å². The topological polar surface area (TPSA) is 90.0 Å². The van der Waals surface area contributed by atoms with Crippen molar-refractivity contribution in [3.8, 4) is 0 Å². The molecule has 0 aliphatic heterocycles. The first kappa shape index (κ1) is 13.3. The number of nitrogens with zero attached hydrogens (tertiary/aromatic N) is 2. The molecule has 0 aromatic carbocycles. The Kier molecular flexibility index (Phi) is 3.31. The quantitative estimate of drug-likeness (QED) is 0.488. The van der Waals surface area contributed by atoms with Crippen molar-refractivity contribution in [2.75, 3.05) is 0 Å². The number of aromatic nitrogens is 2.